The SMILES string of the molecule is CCOC(=O)C1=C(CSc2nc3c(cc2C#N)CCCCCC3)OC(N)=C(C#N)[C@@H]1c1ccc(Cl)cc1. The lowest BCUT2D eigenvalue weighted by molar-refractivity contribution is -0.139. The average molecular weight is 535 g/mol. The fourth-order valence-corrected chi connectivity index (χ4v) is 5.68. The largest absolute Gasteiger partial charge is 0.463 e. The summed E-state index contributed by atoms with van der Waals surface area (Å²) in [6.45, 7) is 1.87. The standard InChI is InChI=1S/C28H27ClN4O3S/c1-2-35-28(34)25-23(36-26(32)21(15-31)24(25)17-9-11-20(29)12-10-17)16-37-27-19(14-30)13-18-7-5-3-4-6-8-22(18)33-27/h9-13,24H,2-8,16,32H2,1H3/t24-/m0/s1. The van der Waals surface area contributed by atoms with Gasteiger partial charge in [-0.25, -0.2) is 9.78 Å². The molecule has 1 aromatic carbocycles. The van der Waals surface area contributed by atoms with Crippen molar-refractivity contribution in [1.29, 1.82) is 10.5 Å². The Bertz CT molecular complexity index is 1340. The van der Waals surface area contributed by atoms with Crippen molar-refractivity contribution < 1.29 is 14.3 Å². The van der Waals surface area contributed by atoms with Crippen LogP contribution in [-0.2, 0) is 27.1 Å². The summed E-state index contributed by atoms with van der Waals surface area (Å²) in [5.41, 5.74) is 9.80. The summed E-state index contributed by atoms with van der Waals surface area (Å²) >= 11 is 7.38. The van der Waals surface area contributed by atoms with Gasteiger partial charge in [-0.05, 0) is 61.9 Å². The molecule has 1 aliphatic heterocycles. The monoisotopic (exact) mass is 534 g/mol. The third-order valence-electron chi connectivity index (χ3n) is 6.42. The van der Waals surface area contributed by atoms with E-state index in [1.807, 2.05) is 6.07 Å². The van der Waals surface area contributed by atoms with E-state index < -0.39 is 11.9 Å². The van der Waals surface area contributed by atoms with Gasteiger partial charge in [-0.15, -0.1) is 0 Å². The van der Waals surface area contributed by atoms with Crippen LogP contribution in [0.3, 0.4) is 0 Å². The molecule has 2 aromatic rings. The van der Waals surface area contributed by atoms with Crippen LogP contribution < -0.4 is 5.73 Å². The number of carbonyl (C=O) groups excluding carboxylic acids is 1. The van der Waals surface area contributed by atoms with Crippen LogP contribution in [-0.4, -0.2) is 23.3 Å². The van der Waals surface area contributed by atoms with Crippen LogP contribution >= 0.6 is 23.4 Å². The molecule has 190 valence electrons. The second kappa shape index (κ2) is 12.2. The lowest BCUT2D eigenvalue weighted by Crippen LogP contribution is -2.27. The van der Waals surface area contributed by atoms with Crippen molar-refractivity contribution in [3.8, 4) is 12.1 Å². The van der Waals surface area contributed by atoms with Crippen molar-refractivity contribution >= 4 is 29.3 Å². The molecule has 0 unspecified atom stereocenters. The van der Waals surface area contributed by atoms with Gasteiger partial charge in [-0.3, -0.25) is 0 Å². The van der Waals surface area contributed by atoms with E-state index >= 15 is 0 Å². The van der Waals surface area contributed by atoms with E-state index in [2.05, 4.69) is 12.1 Å². The molecule has 9 heteroatoms. The number of hydrogen-bond donors (Lipinski definition) is 1. The van der Waals surface area contributed by atoms with Crippen LogP contribution in [0.25, 0.3) is 0 Å². The normalized spacial score (nSPS) is 17.6. The number of carbonyl (C=O) groups is 1. The smallest absolute Gasteiger partial charge is 0.338 e. The number of pyridine rings is 1. The van der Waals surface area contributed by atoms with E-state index in [-0.39, 0.29) is 35.1 Å². The number of esters is 1. The molecular formula is C28H27ClN4O3S. The molecule has 0 bridgehead atoms. The minimum Gasteiger partial charge on any atom is -0.463 e. The van der Waals surface area contributed by atoms with E-state index in [9.17, 15) is 15.3 Å². The third kappa shape index (κ3) is 5.93. The van der Waals surface area contributed by atoms with Crippen LogP contribution in [0, 0.1) is 22.7 Å². The zero-order chi connectivity index (χ0) is 26.4. The highest BCUT2D eigenvalue weighted by molar-refractivity contribution is 7.99. The Hall–Kier alpha value is -3.46. The summed E-state index contributed by atoms with van der Waals surface area (Å²) in [6.07, 6.45) is 6.32. The van der Waals surface area contributed by atoms with Crippen LogP contribution in [0.1, 0.15) is 60.9 Å². The highest BCUT2D eigenvalue weighted by atomic mass is 35.5. The highest BCUT2D eigenvalue weighted by Gasteiger charge is 2.37. The topological polar surface area (TPSA) is 122 Å². The minimum atomic E-state index is -0.773. The fourth-order valence-electron chi connectivity index (χ4n) is 4.64. The van der Waals surface area contributed by atoms with Gasteiger partial charge in [0.1, 0.15) is 28.5 Å². The molecule has 1 aromatic heterocycles. The fraction of sp³-hybridized carbons (Fsp3) is 0.357. The summed E-state index contributed by atoms with van der Waals surface area (Å²) in [5, 5.41) is 20.8. The maximum absolute atomic E-state index is 13.2. The minimum absolute atomic E-state index is 0.0715. The third-order valence-corrected chi connectivity index (χ3v) is 7.66. The number of nitrogens with two attached hydrogens (primary N) is 1. The molecule has 1 aliphatic carbocycles. The Balaban J connectivity index is 1.74. The summed E-state index contributed by atoms with van der Waals surface area (Å²) < 4.78 is 11.2. The first-order valence-electron chi connectivity index (χ1n) is 12.3. The Morgan fingerprint density at radius 1 is 1.19 bits per heavy atom. The molecule has 0 amide bonds. The molecule has 4 rings (SSSR count). The zero-order valence-corrected chi connectivity index (χ0v) is 22.1. The summed E-state index contributed by atoms with van der Waals surface area (Å²) in [4.78, 5) is 18.0. The number of nitrogens with zero attached hydrogens (tertiary/aromatic N) is 3. The maximum atomic E-state index is 13.2. The summed E-state index contributed by atoms with van der Waals surface area (Å²) in [6, 6.07) is 13.2. The average Bonchev–Trinajstić information content (AvgIpc) is 2.88. The molecule has 2 aliphatic rings. The number of thioether (sulfide) groups is 1. The van der Waals surface area contributed by atoms with E-state index in [1.165, 1.54) is 24.6 Å². The van der Waals surface area contributed by atoms with E-state index in [0.29, 0.717) is 21.2 Å². The van der Waals surface area contributed by atoms with Crippen molar-refractivity contribution in [2.45, 2.75) is 56.4 Å². The predicted molar refractivity (Wildman–Crippen MR) is 141 cm³/mol. The van der Waals surface area contributed by atoms with Crippen molar-refractivity contribution in [2.75, 3.05) is 12.4 Å². The molecule has 0 saturated carbocycles. The van der Waals surface area contributed by atoms with Gasteiger partial charge >= 0.3 is 5.97 Å². The van der Waals surface area contributed by atoms with E-state index in [1.54, 1.807) is 31.2 Å². The van der Waals surface area contributed by atoms with Crippen LogP contribution in [0.4, 0.5) is 0 Å². The van der Waals surface area contributed by atoms with Crippen molar-refractivity contribution in [2.24, 2.45) is 5.73 Å². The molecule has 7 nitrogen and oxygen atoms in total. The van der Waals surface area contributed by atoms with Gasteiger partial charge in [0.15, 0.2) is 0 Å². The van der Waals surface area contributed by atoms with Crippen molar-refractivity contribution in [3.05, 3.63) is 80.5 Å². The first-order valence-corrected chi connectivity index (χ1v) is 13.6. The second-order valence-corrected chi connectivity index (χ2v) is 10.2. The molecule has 37 heavy (non-hydrogen) atoms. The Morgan fingerprint density at radius 3 is 2.59 bits per heavy atom. The molecular weight excluding hydrogens is 508 g/mol. The Morgan fingerprint density at radius 2 is 1.92 bits per heavy atom. The number of hydrogen-bond acceptors (Lipinski definition) is 8. The molecule has 0 radical (unpaired) electrons. The van der Waals surface area contributed by atoms with E-state index in [0.717, 1.165) is 36.9 Å². The lowest BCUT2D eigenvalue weighted by Gasteiger charge is -2.28. The first kappa shape index (κ1) is 26.6. The summed E-state index contributed by atoms with van der Waals surface area (Å²) in [5.74, 6) is -0.983. The number of nitriles is 2. The molecule has 0 fully saturated rings. The number of benzene rings is 1. The summed E-state index contributed by atoms with van der Waals surface area (Å²) in [7, 11) is 0. The second-order valence-electron chi connectivity index (χ2n) is 8.80. The molecule has 2 N–H and O–H groups in total. The van der Waals surface area contributed by atoms with Gasteiger partial charge in [0, 0.05) is 10.7 Å². The van der Waals surface area contributed by atoms with Crippen molar-refractivity contribution in [3.63, 3.8) is 0 Å². The molecule has 0 saturated heterocycles. The Kier molecular flexibility index (Phi) is 8.76. The number of fused-ring (bicyclic) bond motifs is 1. The van der Waals surface area contributed by atoms with Gasteiger partial charge in [-0.1, -0.05) is 48.3 Å². The van der Waals surface area contributed by atoms with Gasteiger partial charge in [0.25, 0.3) is 0 Å². The van der Waals surface area contributed by atoms with Gasteiger partial charge in [-0.2, -0.15) is 10.5 Å². The van der Waals surface area contributed by atoms with Crippen LogP contribution in [0.15, 0.2) is 58.1 Å². The van der Waals surface area contributed by atoms with Gasteiger partial charge < -0.3 is 15.2 Å². The molecule has 1 atom stereocenters. The Labute approximate surface area is 225 Å². The number of aryl methyl sites for hydroxylation is 2. The van der Waals surface area contributed by atoms with Gasteiger partial charge in [0.2, 0.25) is 5.88 Å². The molecule has 0 spiro atoms. The number of halogens is 1. The maximum Gasteiger partial charge on any atom is 0.338 e. The first-order chi connectivity index (χ1) is 18.0. The number of rotatable bonds is 6. The van der Waals surface area contributed by atoms with Gasteiger partial charge in [0.05, 0.1) is 29.4 Å². The quantitative estimate of drug-likeness (QED) is 0.371. The lowest BCUT2D eigenvalue weighted by atomic mass is 9.83. The van der Waals surface area contributed by atoms with Crippen LogP contribution in [0.5, 0.6) is 0 Å². The van der Waals surface area contributed by atoms with Crippen LogP contribution in [0.2, 0.25) is 5.02 Å². The molecule has 2 heterocycles. The highest BCUT2D eigenvalue weighted by Crippen LogP contribution is 2.41. The number of allylic oxidation sites excluding steroid dienone is 1. The zero-order valence-electron chi connectivity index (χ0n) is 20.6. The van der Waals surface area contributed by atoms with Crippen molar-refractivity contribution in [1.82, 2.24) is 4.98 Å². The predicted octanol–water partition coefficient (Wildman–Crippen LogP) is 5.68. The number of ether oxygens (including phenoxy) is 2. The van der Waals surface area contributed by atoms with E-state index in [4.69, 9.17) is 31.8 Å². The number of aromatic nitrogens is 1.